The van der Waals surface area contributed by atoms with Crippen LogP contribution in [0, 0.1) is 12.7 Å². The molecule has 1 atom stereocenters. The molecule has 0 heterocycles. The lowest BCUT2D eigenvalue weighted by atomic mass is 9.89. The molecule has 1 aromatic carbocycles. The molecule has 2 rings (SSSR count). The van der Waals surface area contributed by atoms with E-state index in [0.717, 1.165) is 11.1 Å². The molecule has 1 fully saturated rings. The molecule has 0 aliphatic heterocycles. The number of hydrogen-bond acceptors (Lipinski definition) is 2. The van der Waals surface area contributed by atoms with Crippen LogP contribution < -0.4 is 5.73 Å². The normalized spacial score (nSPS) is 18.2. The quantitative estimate of drug-likeness (QED) is 0.870. The van der Waals surface area contributed by atoms with Crippen molar-refractivity contribution in [2.45, 2.75) is 38.3 Å². The maximum absolute atomic E-state index is 13.3. The molecule has 1 unspecified atom stereocenters. The standard InChI is InChI=1S/C14H21FN2/c1-10-6-7-11(15)8-13(10)14(9-16)17(2)12-4-3-5-12/h6-8,12,14H,3-5,9,16H2,1-2H3. The molecule has 0 amide bonds. The van der Waals surface area contributed by atoms with Gasteiger partial charge in [0.2, 0.25) is 0 Å². The van der Waals surface area contributed by atoms with Crippen LogP contribution in [-0.4, -0.2) is 24.5 Å². The van der Waals surface area contributed by atoms with Crippen LogP contribution >= 0.6 is 0 Å². The van der Waals surface area contributed by atoms with Gasteiger partial charge in [-0.1, -0.05) is 12.5 Å². The van der Waals surface area contributed by atoms with Crippen molar-refractivity contribution < 1.29 is 4.39 Å². The Morgan fingerprint density at radius 2 is 2.18 bits per heavy atom. The minimum atomic E-state index is -0.175. The van der Waals surface area contributed by atoms with E-state index in [2.05, 4.69) is 11.9 Å². The van der Waals surface area contributed by atoms with Gasteiger partial charge in [-0.2, -0.15) is 0 Å². The second-order valence-corrected chi connectivity index (χ2v) is 5.00. The molecule has 17 heavy (non-hydrogen) atoms. The van der Waals surface area contributed by atoms with Gasteiger partial charge in [0.1, 0.15) is 5.82 Å². The molecule has 0 saturated heterocycles. The van der Waals surface area contributed by atoms with Crippen LogP contribution in [0.1, 0.15) is 36.4 Å². The zero-order valence-electron chi connectivity index (χ0n) is 10.6. The maximum atomic E-state index is 13.3. The lowest BCUT2D eigenvalue weighted by molar-refractivity contribution is 0.113. The molecule has 1 saturated carbocycles. The van der Waals surface area contributed by atoms with Crippen LogP contribution in [0.15, 0.2) is 18.2 Å². The van der Waals surface area contributed by atoms with E-state index in [9.17, 15) is 4.39 Å². The first kappa shape index (κ1) is 12.5. The predicted octanol–water partition coefficient (Wildman–Crippen LogP) is 2.62. The Morgan fingerprint density at radius 1 is 1.47 bits per heavy atom. The summed E-state index contributed by atoms with van der Waals surface area (Å²) in [6, 6.07) is 5.72. The van der Waals surface area contributed by atoms with Crippen LogP contribution in [-0.2, 0) is 0 Å². The Kier molecular flexibility index (Phi) is 3.79. The molecule has 0 aromatic heterocycles. The van der Waals surface area contributed by atoms with E-state index in [1.807, 2.05) is 13.0 Å². The summed E-state index contributed by atoms with van der Waals surface area (Å²) in [5, 5.41) is 0. The van der Waals surface area contributed by atoms with Crippen LogP contribution in [0.2, 0.25) is 0 Å². The van der Waals surface area contributed by atoms with Crippen molar-refractivity contribution in [3.05, 3.63) is 35.1 Å². The Labute approximate surface area is 103 Å². The Bertz CT molecular complexity index is 388. The second kappa shape index (κ2) is 5.15. The monoisotopic (exact) mass is 236 g/mol. The molecule has 3 heteroatoms. The van der Waals surface area contributed by atoms with Crippen molar-refractivity contribution in [2.24, 2.45) is 5.73 Å². The number of nitrogens with two attached hydrogens (primary N) is 1. The molecule has 1 aliphatic rings. The molecule has 1 aromatic rings. The summed E-state index contributed by atoms with van der Waals surface area (Å²) in [6.45, 7) is 2.56. The summed E-state index contributed by atoms with van der Waals surface area (Å²) in [4.78, 5) is 2.31. The summed E-state index contributed by atoms with van der Waals surface area (Å²) in [5.74, 6) is -0.175. The molecular weight excluding hydrogens is 215 g/mol. The molecule has 0 spiro atoms. The van der Waals surface area contributed by atoms with E-state index < -0.39 is 0 Å². The third-order valence-electron chi connectivity index (χ3n) is 3.97. The zero-order valence-corrected chi connectivity index (χ0v) is 10.6. The molecule has 0 radical (unpaired) electrons. The largest absolute Gasteiger partial charge is 0.329 e. The van der Waals surface area contributed by atoms with Crippen molar-refractivity contribution >= 4 is 0 Å². The highest BCUT2D eigenvalue weighted by molar-refractivity contribution is 5.30. The van der Waals surface area contributed by atoms with Gasteiger partial charge in [0.05, 0.1) is 0 Å². The summed E-state index contributed by atoms with van der Waals surface area (Å²) < 4.78 is 13.3. The molecular formula is C14H21FN2. The Hall–Kier alpha value is -0.930. The minimum absolute atomic E-state index is 0.135. The van der Waals surface area contributed by atoms with Gasteiger partial charge in [0.15, 0.2) is 0 Å². The van der Waals surface area contributed by atoms with Crippen molar-refractivity contribution in [1.82, 2.24) is 4.90 Å². The van der Waals surface area contributed by atoms with Gasteiger partial charge in [-0.05, 0) is 50.1 Å². The third-order valence-corrected chi connectivity index (χ3v) is 3.97. The van der Waals surface area contributed by atoms with Crippen molar-refractivity contribution in [3.63, 3.8) is 0 Å². The van der Waals surface area contributed by atoms with Crippen molar-refractivity contribution in [3.8, 4) is 0 Å². The average molecular weight is 236 g/mol. The lowest BCUT2D eigenvalue weighted by Crippen LogP contribution is -2.42. The van der Waals surface area contributed by atoms with Gasteiger partial charge in [0, 0.05) is 18.6 Å². The van der Waals surface area contributed by atoms with Crippen LogP contribution in [0.5, 0.6) is 0 Å². The number of likely N-dealkylation sites (N-methyl/N-ethyl adjacent to an activating group) is 1. The minimum Gasteiger partial charge on any atom is -0.329 e. The van der Waals surface area contributed by atoms with E-state index in [1.165, 1.54) is 25.3 Å². The van der Waals surface area contributed by atoms with E-state index >= 15 is 0 Å². The van der Waals surface area contributed by atoms with Crippen LogP contribution in [0.3, 0.4) is 0 Å². The summed E-state index contributed by atoms with van der Waals surface area (Å²) in [7, 11) is 2.10. The van der Waals surface area contributed by atoms with Gasteiger partial charge in [-0.25, -0.2) is 4.39 Å². The number of aryl methyl sites for hydroxylation is 1. The van der Waals surface area contributed by atoms with Gasteiger partial charge in [0.25, 0.3) is 0 Å². The first-order valence-electron chi connectivity index (χ1n) is 6.31. The fourth-order valence-corrected chi connectivity index (χ4v) is 2.53. The van der Waals surface area contributed by atoms with Crippen LogP contribution in [0.4, 0.5) is 4.39 Å². The number of nitrogens with zero attached hydrogens (tertiary/aromatic N) is 1. The van der Waals surface area contributed by atoms with E-state index in [-0.39, 0.29) is 11.9 Å². The highest BCUT2D eigenvalue weighted by Crippen LogP contribution is 2.31. The fourth-order valence-electron chi connectivity index (χ4n) is 2.53. The zero-order chi connectivity index (χ0) is 12.4. The summed E-state index contributed by atoms with van der Waals surface area (Å²) in [6.07, 6.45) is 3.77. The molecule has 94 valence electrons. The third kappa shape index (κ3) is 2.50. The highest BCUT2D eigenvalue weighted by atomic mass is 19.1. The van der Waals surface area contributed by atoms with Crippen LogP contribution in [0.25, 0.3) is 0 Å². The van der Waals surface area contributed by atoms with Gasteiger partial charge in [-0.15, -0.1) is 0 Å². The predicted molar refractivity (Wildman–Crippen MR) is 68.3 cm³/mol. The first-order valence-corrected chi connectivity index (χ1v) is 6.31. The smallest absolute Gasteiger partial charge is 0.123 e. The average Bonchev–Trinajstić information content (AvgIpc) is 2.22. The molecule has 2 N–H and O–H groups in total. The van der Waals surface area contributed by atoms with Crippen molar-refractivity contribution in [1.29, 1.82) is 0 Å². The second-order valence-electron chi connectivity index (χ2n) is 5.00. The molecule has 2 nitrogen and oxygen atoms in total. The van der Waals surface area contributed by atoms with Gasteiger partial charge < -0.3 is 5.73 Å². The number of hydrogen-bond donors (Lipinski definition) is 1. The Balaban J connectivity index is 2.24. The maximum Gasteiger partial charge on any atom is 0.123 e. The topological polar surface area (TPSA) is 29.3 Å². The number of rotatable bonds is 4. The highest BCUT2D eigenvalue weighted by Gasteiger charge is 2.28. The van der Waals surface area contributed by atoms with E-state index in [4.69, 9.17) is 5.73 Å². The summed E-state index contributed by atoms with van der Waals surface area (Å²) >= 11 is 0. The lowest BCUT2D eigenvalue weighted by Gasteiger charge is -2.40. The Morgan fingerprint density at radius 3 is 2.71 bits per heavy atom. The SMILES string of the molecule is Cc1ccc(F)cc1C(CN)N(C)C1CCC1. The van der Waals surface area contributed by atoms with E-state index in [0.29, 0.717) is 12.6 Å². The van der Waals surface area contributed by atoms with Crippen molar-refractivity contribution in [2.75, 3.05) is 13.6 Å². The van der Waals surface area contributed by atoms with E-state index in [1.54, 1.807) is 6.07 Å². The summed E-state index contributed by atoms with van der Waals surface area (Å²) in [5.41, 5.74) is 8.03. The number of benzene rings is 1. The first-order chi connectivity index (χ1) is 8.13. The number of halogens is 1. The molecule has 1 aliphatic carbocycles. The fraction of sp³-hybridized carbons (Fsp3) is 0.571. The van der Waals surface area contributed by atoms with Gasteiger partial charge >= 0.3 is 0 Å². The van der Waals surface area contributed by atoms with Gasteiger partial charge in [-0.3, -0.25) is 4.90 Å². The molecule has 0 bridgehead atoms.